The van der Waals surface area contributed by atoms with E-state index in [1.807, 2.05) is 26.8 Å². The van der Waals surface area contributed by atoms with Crippen molar-refractivity contribution in [2.75, 3.05) is 13.1 Å². The van der Waals surface area contributed by atoms with Gasteiger partial charge < -0.3 is 5.73 Å². The molecule has 0 spiro atoms. The summed E-state index contributed by atoms with van der Waals surface area (Å²) in [5.41, 5.74) is 7.69. The Morgan fingerprint density at radius 1 is 1.11 bits per heavy atom. The molecule has 0 aliphatic rings. The molecule has 5 heteroatoms. The Labute approximate surface area is 110 Å². The Morgan fingerprint density at radius 3 is 2.17 bits per heavy atom. The number of hydrogen-bond donors (Lipinski definition) is 1. The van der Waals surface area contributed by atoms with E-state index in [1.165, 1.54) is 4.31 Å². The summed E-state index contributed by atoms with van der Waals surface area (Å²) in [5, 5.41) is 0. The predicted octanol–water partition coefficient (Wildman–Crippen LogP) is 1.74. The fourth-order valence-electron chi connectivity index (χ4n) is 2.01. The lowest BCUT2D eigenvalue weighted by Gasteiger charge is -2.19. The minimum atomic E-state index is -3.38. The summed E-state index contributed by atoms with van der Waals surface area (Å²) < 4.78 is 26.1. The van der Waals surface area contributed by atoms with Crippen LogP contribution >= 0.6 is 0 Å². The number of aryl methyl sites for hydroxylation is 1. The van der Waals surface area contributed by atoms with E-state index in [9.17, 15) is 8.42 Å². The Balaban J connectivity index is 3.25. The van der Waals surface area contributed by atoms with Crippen LogP contribution in [0.5, 0.6) is 0 Å². The minimum Gasteiger partial charge on any atom is -0.326 e. The highest BCUT2D eigenvalue weighted by Crippen LogP contribution is 2.20. The van der Waals surface area contributed by atoms with Gasteiger partial charge in [-0.05, 0) is 29.7 Å². The Bertz CT molecular complexity index is 494. The van der Waals surface area contributed by atoms with Gasteiger partial charge in [-0.3, -0.25) is 0 Å². The summed E-state index contributed by atoms with van der Waals surface area (Å²) in [6.07, 6.45) is 0.859. The van der Waals surface area contributed by atoms with E-state index in [2.05, 4.69) is 0 Å². The molecule has 0 aliphatic heterocycles. The number of benzene rings is 1. The highest BCUT2D eigenvalue weighted by molar-refractivity contribution is 7.89. The fraction of sp³-hybridized carbons (Fsp3) is 0.538. The van der Waals surface area contributed by atoms with Crippen molar-refractivity contribution in [3.8, 4) is 0 Å². The van der Waals surface area contributed by atoms with Gasteiger partial charge in [0, 0.05) is 19.6 Å². The van der Waals surface area contributed by atoms with Gasteiger partial charge in [-0.25, -0.2) is 8.42 Å². The van der Waals surface area contributed by atoms with E-state index in [4.69, 9.17) is 5.73 Å². The summed E-state index contributed by atoms with van der Waals surface area (Å²) in [5.74, 6) is 0. The van der Waals surface area contributed by atoms with Crippen LogP contribution in [0.15, 0.2) is 23.1 Å². The molecule has 18 heavy (non-hydrogen) atoms. The molecule has 0 aromatic heterocycles. The molecule has 0 radical (unpaired) electrons. The van der Waals surface area contributed by atoms with Crippen molar-refractivity contribution in [1.82, 2.24) is 4.31 Å². The Kier molecular flexibility index (Phi) is 5.31. The second-order valence-electron chi connectivity index (χ2n) is 4.08. The Hall–Kier alpha value is -0.910. The monoisotopic (exact) mass is 270 g/mol. The molecule has 0 aliphatic carbocycles. The first-order valence-electron chi connectivity index (χ1n) is 6.33. The van der Waals surface area contributed by atoms with Crippen LogP contribution < -0.4 is 5.73 Å². The van der Waals surface area contributed by atoms with E-state index < -0.39 is 10.0 Å². The van der Waals surface area contributed by atoms with Gasteiger partial charge in [0.05, 0.1) is 4.90 Å². The van der Waals surface area contributed by atoms with Crippen LogP contribution in [0.3, 0.4) is 0 Å². The molecule has 1 aromatic rings. The minimum absolute atomic E-state index is 0.337. The quantitative estimate of drug-likeness (QED) is 0.856. The molecule has 0 heterocycles. The zero-order chi connectivity index (χ0) is 13.8. The van der Waals surface area contributed by atoms with Crippen LogP contribution in [-0.2, 0) is 23.0 Å². The van der Waals surface area contributed by atoms with Gasteiger partial charge >= 0.3 is 0 Å². The number of sulfonamides is 1. The molecular formula is C13H22N2O2S. The molecule has 0 unspecified atom stereocenters. The smallest absolute Gasteiger partial charge is 0.243 e. The lowest BCUT2D eigenvalue weighted by Crippen LogP contribution is -2.30. The summed E-state index contributed by atoms with van der Waals surface area (Å²) in [7, 11) is -3.38. The van der Waals surface area contributed by atoms with Crippen LogP contribution in [-0.4, -0.2) is 25.8 Å². The van der Waals surface area contributed by atoms with Crippen molar-refractivity contribution in [2.45, 2.75) is 38.6 Å². The van der Waals surface area contributed by atoms with E-state index >= 15 is 0 Å². The number of nitrogens with zero attached hydrogens (tertiary/aromatic N) is 1. The third-order valence-electron chi connectivity index (χ3n) is 3.12. The van der Waals surface area contributed by atoms with E-state index in [0.717, 1.165) is 17.5 Å². The van der Waals surface area contributed by atoms with Gasteiger partial charge in [0.1, 0.15) is 0 Å². The predicted molar refractivity (Wildman–Crippen MR) is 73.8 cm³/mol. The zero-order valence-electron chi connectivity index (χ0n) is 11.3. The van der Waals surface area contributed by atoms with Gasteiger partial charge in [-0.2, -0.15) is 4.31 Å². The molecule has 102 valence electrons. The third kappa shape index (κ3) is 2.91. The highest BCUT2D eigenvalue weighted by atomic mass is 32.2. The van der Waals surface area contributed by atoms with Crippen LogP contribution in [0.25, 0.3) is 0 Å². The van der Waals surface area contributed by atoms with Crippen molar-refractivity contribution in [3.05, 3.63) is 29.3 Å². The zero-order valence-corrected chi connectivity index (χ0v) is 12.1. The summed E-state index contributed by atoms with van der Waals surface area (Å²) in [6, 6.07) is 5.23. The van der Waals surface area contributed by atoms with Gasteiger partial charge in [0.2, 0.25) is 10.0 Å². The van der Waals surface area contributed by atoms with Crippen molar-refractivity contribution in [1.29, 1.82) is 0 Å². The van der Waals surface area contributed by atoms with Crippen LogP contribution in [0.1, 0.15) is 31.9 Å². The number of hydrogen-bond acceptors (Lipinski definition) is 3. The largest absolute Gasteiger partial charge is 0.326 e. The first kappa shape index (κ1) is 15.1. The molecule has 0 bridgehead atoms. The molecule has 1 aromatic carbocycles. The average Bonchev–Trinajstić information content (AvgIpc) is 2.38. The summed E-state index contributed by atoms with van der Waals surface area (Å²) in [4.78, 5) is 0.337. The molecule has 0 fully saturated rings. The fourth-order valence-corrected chi connectivity index (χ4v) is 3.52. The van der Waals surface area contributed by atoms with Crippen LogP contribution in [0, 0.1) is 0 Å². The van der Waals surface area contributed by atoms with Crippen molar-refractivity contribution in [2.24, 2.45) is 5.73 Å². The first-order valence-corrected chi connectivity index (χ1v) is 7.77. The van der Waals surface area contributed by atoms with E-state index in [0.29, 0.717) is 24.5 Å². The highest BCUT2D eigenvalue weighted by Gasteiger charge is 2.22. The maximum Gasteiger partial charge on any atom is 0.243 e. The standard InChI is InChI=1S/C13H22N2O2S/c1-4-11-7-8-13(9-12(11)10-14)18(16,17)15(5-2)6-3/h7-9H,4-6,10,14H2,1-3H3. The number of rotatable bonds is 6. The molecule has 0 saturated carbocycles. The lowest BCUT2D eigenvalue weighted by atomic mass is 10.1. The molecule has 2 N–H and O–H groups in total. The maximum atomic E-state index is 12.3. The molecule has 4 nitrogen and oxygen atoms in total. The van der Waals surface area contributed by atoms with Crippen LogP contribution in [0.2, 0.25) is 0 Å². The van der Waals surface area contributed by atoms with E-state index in [1.54, 1.807) is 12.1 Å². The third-order valence-corrected chi connectivity index (χ3v) is 5.17. The molecule has 0 saturated heterocycles. The van der Waals surface area contributed by atoms with Crippen molar-refractivity contribution >= 4 is 10.0 Å². The van der Waals surface area contributed by atoms with Gasteiger partial charge in [-0.15, -0.1) is 0 Å². The second kappa shape index (κ2) is 6.31. The topological polar surface area (TPSA) is 63.4 Å². The molecule has 1 rings (SSSR count). The van der Waals surface area contributed by atoms with Crippen molar-refractivity contribution in [3.63, 3.8) is 0 Å². The normalized spacial score (nSPS) is 12.1. The van der Waals surface area contributed by atoms with Gasteiger partial charge in [0.25, 0.3) is 0 Å². The summed E-state index contributed by atoms with van der Waals surface area (Å²) in [6.45, 7) is 7.03. The number of nitrogens with two attached hydrogens (primary N) is 1. The van der Waals surface area contributed by atoms with E-state index in [-0.39, 0.29) is 0 Å². The van der Waals surface area contributed by atoms with Gasteiger partial charge in [-0.1, -0.05) is 26.8 Å². The van der Waals surface area contributed by atoms with Crippen LogP contribution in [0.4, 0.5) is 0 Å². The second-order valence-corrected chi connectivity index (χ2v) is 6.02. The maximum absolute atomic E-state index is 12.3. The average molecular weight is 270 g/mol. The van der Waals surface area contributed by atoms with Crippen molar-refractivity contribution < 1.29 is 8.42 Å². The lowest BCUT2D eigenvalue weighted by molar-refractivity contribution is 0.445. The molecule has 0 amide bonds. The Morgan fingerprint density at radius 2 is 1.72 bits per heavy atom. The molecule has 0 atom stereocenters. The SMILES string of the molecule is CCc1ccc(S(=O)(=O)N(CC)CC)cc1CN. The molecular weight excluding hydrogens is 248 g/mol. The van der Waals surface area contributed by atoms with Gasteiger partial charge in [0.15, 0.2) is 0 Å². The summed E-state index contributed by atoms with van der Waals surface area (Å²) >= 11 is 0. The first-order chi connectivity index (χ1) is 8.51.